The Labute approximate surface area is 187 Å². The minimum absolute atomic E-state index is 0.162. The topological polar surface area (TPSA) is 95.4 Å². The maximum atomic E-state index is 13.4. The average molecular weight is 456 g/mol. The number of nitriles is 1. The number of hydrogen-bond donors (Lipinski definition) is 1. The zero-order chi connectivity index (χ0) is 22.8. The number of halogens is 2. The number of ether oxygens (including phenoxy) is 2. The van der Waals surface area contributed by atoms with E-state index in [1.807, 2.05) is 0 Å². The van der Waals surface area contributed by atoms with Gasteiger partial charge in [0.25, 0.3) is 11.5 Å². The van der Waals surface area contributed by atoms with E-state index in [2.05, 4.69) is 11.1 Å². The van der Waals surface area contributed by atoms with Gasteiger partial charge in [0.1, 0.15) is 17.6 Å². The van der Waals surface area contributed by atoms with Crippen LogP contribution in [0.25, 0.3) is 21.9 Å². The van der Waals surface area contributed by atoms with E-state index in [1.165, 1.54) is 23.2 Å². The Morgan fingerprint density at radius 1 is 1.31 bits per heavy atom. The molecule has 1 aromatic heterocycles. The molecule has 1 fully saturated rings. The molecule has 1 N–H and O–H groups in total. The molecule has 0 unspecified atom stereocenters. The first kappa shape index (κ1) is 21.8. The van der Waals surface area contributed by atoms with Crippen molar-refractivity contribution in [3.05, 3.63) is 63.8 Å². The molecule has 2 atom stereocenters. The lowest BCUT2D eigenvalue weighted by Crippen LogP contribution is -2.52. The van der Waals surface area contributed by atoms with E-state index in [9.17, 15) is 19.2 Å². The van der Waals surface area contributed by atoms with Crippen LogP contribution in [0.2, 0.25) is 5.02 Å². The van der Waals surface area contributed by atoms with Gasteiger partial charge in [0.05, 0.1) is 29.7 Å². The summed E-state index contributed by atoms with van der Waals surface area (Å²) in [7, 11) is 0. The Morgan fingerprint density at radius 3 is 2.88 bits per heavy atom. The number of H-pyrrole nitrogens is 1. The molecule has 1 aliphatic rings. The molecule has 2 aromatic carbocycles. The summed E-state index contributed by atoms with van der Waals surface area (Å²) in [5.41, 5.74) is 0.857. The third-order valence-electron chi connectivity index (χ3n) is 5.32. The van der Waals surface area contributed by atoms with Crippen LogP contribution in [0.1, 0.15) is 6.92 Å². The fourth-order valence-corrected chi connectivity index (χ4v) is 3.97. The molecular formula is C23H19ClFN3O4. The van der Waals surface area contributed by atoms with Crippen molar-refractivity contribution >= 4 is 28.3 Å². The van der Waals surface area contributed by atoms with Crippen molar-refractivity contribution in [2.24, 2.45) is 0 Å². The molecule has 0 bridgehead atoms. The maximum Gasteiger partial charge on any atom is 0.264 e. The number of hydrogen-bond acceptors (Lipinski definition) is 5. The second kappa shape index (κ2) is 8.99. The largest absolute Gasteiger partial charge is 0.481 e. The van der Waals surface area contributed by atoms with Crippen molar-refractivity contribution in [2.75, 3.05) is 19.8 Å². The highest BCUT2D eigenvalue weighted by molar-refractivity contribution is 6.33. The number of nitrogens with one attached hydrogen (secondary N) is 1. The van der Waals surface area contributed by atoms with Gasteiger partial charge in [-0.1, -0.05) is 11.6 Å². The summed E-state index contributed by atoms with van der Waals surface area (Å²) in [5.74, 6) is -0.464. The third-order valence-corrected chi connectivity index (χ3v) is 5.63. The van der Waals surface area contributed by atoms with Crippen molar-refractivity contribution in [1.29, 1.82) is 5.26 Å². The van der Waals surface area contributed by atoms with Crippen LogP contribution in [0.15, 0.2) is 47.4 Å². The van der Waals surface area contributed by atoms with Gasteiger partial charge in [-0.25, -0.2) is 4.39 Å². The first-order chi connectivity index (χ1) is 15.4. The molecule has 3 aromatic rings. The number of fused-ring (bicyclic) bond motifs is 1. The second-order valence-corrected chi connectivity index (χ2v) is 7.78. The van der Waals surface area contributed by atoms with Crippen LogP contribution in [0, 0.1) is 17.1 Å². The summed E-state index contributed by atoms with van der Waals surface area (Å²) >= 11 is 6.21. The summed E-state index contributed by atoms with van der Waals surface area (Å²) in [6, 6.07) is 10.3. The van der Waals surface area contributed by atoms with Crippen LogP contribution >= 0.6 is 11.6 Å². The summed E-state index contributed by atoms with van der Waals surface area (Å²) in [5, 5.41) is 10.4. The maximum absolute atomic E-state index is 13.4. The van der Waals surface area contributed by atoms with Gasteiger partial charge in [-0.2, -0.15) is 5.26 Å². The molecule has 32 heavy (non-hydrogen) atoms. The van der Waals surface area contributed by atoms with Crippen molar-refractivity contribution in [2.45, 2.75) is 19.1 Å². The summed E-state index contributed by atoms with van der Waals surface area (Å²) < 4.78 is 24.5. The lowest BCUT2D eigenvalue weighted by atomic mass is 10.0. The van der Waals surface area contributed by atoms with Crippen LogP contribution in [-0.2, 0) is 9.53 Å². The van der Waals surface area contributed by atoms with E-state index < -0.39 is 18.0 Å². The monoisotopic (exact) mass is 455 g/mol. The van der Waals surface area contributed by atoms with Crippen LogP contribution < -0.4 is 10.3 Å². The molecule has 1 amide bonds. The smallest absolute Gasteiger partial charge is 0.264 e. The van der Waals surface area contributed by atoms with E-state index in [0.29, 0.717) is 40.8 Å². The zero-order valence-electron chi connectivity index (χ0n) is 17.1. The first-order valence-electron chi connectivity index (χ1n) is 9.94. The molecule has 7 nitrogen and oxygen atoms in total. The van der Waals surface area contributed by atoms with Gasteiger partial charge >= 0.3 is 0 Å². The molecule has 164 valence electrons. The number of nitrogens with zero attached hydrogens (tertiary/aromatic N) is 2. The van der Waals surface area contributed by atoms with Gasteiger partial charge in [0.2, 0.25) is 0 Å². The van der Waals surface area contributed by atoms with E-state index in [1.54, 1.807) is 31.2 Å². The number of rotatable bonds is 4. The number of aromatic amines is 1. The summed E-state index contributed by atoms with van der Waals surface area (Å²) in [4.78, 5) is 29.4. The lowest BCUT2D eigenvalue weighted by Gasteiger charge is -2.33. The molecule has 9 heteroatoms. The summed E-state index contributed by atoms with van der Waals surface area (Å²) in [6.07, 6.45) is 0.659. The number of carbonyl (C=O) groups excluding carboxylic acids is 1. The number of aromatic nitrogens is 1. The minimum Gasteiger partial charge on any atom is -0.481 e. The molecule has 0 spiro atoms. The average Bonchev–Trinajstić information content (AvgIpc) is 2.79. The van der Waals surface area contributed by atoms with Crippen molar-refractivity contribution in [3.63, 3.8) is 0 Å². The fraction of sp³-hybridized carbons (Fsp3) is 0.261. The second-order valence-electron chi connectivity index (χ2n) is 7.37. The lowest BCUT2D eigenvalue weighted by molar-refractivity contribution is -0.144. The molecule has 1 aliphatic heterocycles. The zero-order valence-corrected chi connectivity index (χ0v) is 17.9. The van der Waals surface area contributed by atoms with Gasteiger partial charge in [-0.3, -0.25) is 9.59 Å². The van der Waals surface area contributed by atoms with Crippen molar-refractivity contribution < 1.29 is 18.7 Å². The van der Waals surface area contributed by atoms with Gasteiger partial charge < -0.3 is 19.4 Å². The minimum atomic E-state index is -0.866. The van der Waals surface area contributed by atoms with Crippen molar-refractivity contribution in [3.8, 4) is 22.9 Å². The normalized spacial score (nSPS) is 17.1. The van der Waals surface area contributed by atoms with E-state index in [-0.39, 0.29) is 23.1 Å². The Hall–Kier alpha value is -3.41. The van der Waals surface area contributed by atoms with E-state index >= 15 is 0 Å². The number of pyridine rings is 1. The predicted molar refractivity (Wildman–Crippen MR) is 117 cm³/mol. The van der Waals surface area contributed by atoms with Gasteiger partial charge in [0, 0.05) is 23.9 Å². The first-order valence-corrected chi connectivity index (χ1v) is 10.3. The van der Waals surface area contributed by atoms with Crippen LogP contribution in [0.4, 0.5) is 4.39 Å². The van der Waals surface area contributed by atoms with Crippen molar-refractivity contribution in [1.82, 2.24) is 9.88 Å². The van der Waals surface area contributed by atoms with Gasteiger partial charge in [-0.15, -0.1) is 0 Å². The standard InChI is InChI=1S/C23H19ClFN3O4/c1-13(23(30)28-6-7-31-12-15(28)10-26)32-16-3-5-17-19(9-16)22(29)27-11-20(17)18-4-2-14(25)8-21(18)24/h2-5,8-9,11,13,15H,6-7,12H2,1H3,(H,27,29)/t13-,15+/m1/s1. The molecule has 0 saturated carbocycles. The van der Waals surface area contributed by atoms with Gasteiger partial charge in [0.15, 0.2) is 6.10 Å². The number of benzene rings is 2. The Balaban J connectivity index is 1.64. The van der Waals surface area contributed by atoms with E-state index in [0.717, 1.165) is 0 Å². The highest BCUT2D eigenvalue weighted by Gasteiger charge is 2.31. The molecular weight excluding hydrogens is 437 g/mol. The SMILES string of the molecule is C[C@@H](Oc1ccc2c(-c3ccc(F)cc3Cl)c[nH]c(=O)c2c1)C(=O)N1CCOC[C@@H]1C#N. The highest BCUT2D eigenvalue weighted by Crippen LogP contribution is 2.33. The fourth-order valence-electron chi connectivity index (χ4n) is 3.71. The van der Waals surface area contributed by atoms with Crippen LogP contribution in [0.3, 0.4) is 0 Å². The number of carbonyl (C=O) groups is 1. The highest BCUT2D eigenvalue weighted by atomic mass is 35.5. The molecule has 2 heterocycles. The number of morpholine rings is 1. The molecule has 4 rings (SSSR count). The Bertz CT molecular complexity index is 1290. The Kier molecular flexibility index (Phi) is 6.12. The summed E-state index contributed by atoms with van der Waals surface area (Å²) in [6.45, 7) is 2.42. The molecule has 0 radical (unpaired) electrons. The molecule has 0 aliphatic carbocycles. The predicted octanol–water partition coefficient (Wildman–Crippen LogP) is 3.51. The van der Waals surface area contributed by atoms with Crippen LogP contribution in [0.5, 0.6) is 5.75 Å². The van der Waals surface area contributed by atoms with Crippen LogP contribution in [-0.4, -0.2) is 47.7 Å². The quantitative estimate of drug-likeness (QED) is 0.649. The molecule has 1 saturated heterocycles. The number of amides is 1. The third kappa shape index (κ3) is 4.17. The van der Waals surface area contributed by atoms with E-state index in [4.69, 9.17) is 21.1 Å². The van der Waals surface area contributed by atoms with Gasteiger partial charge in [-0.05, 0) is 48.7 Å². The Morgan fingerprint density at radius 2 is 2.12 bits per heavy atom.